The number of hydrogen-bond donors (Lipinski definition) is 1. The van der Waals surface area contributed by atoms with Crippen molar-refractivity contribution in [2.24, 2.45) is 0 Å². The number of fused-ring (bicyclic) bond motifs is 1. The molecule has 0 unspecified atom stereocenters. The Labute approximate surface area is 111 Å². The Kier molecular flexibility index (Phi) is 3.94. The normalized spacial score (nSPS) is 10.5. The number of H-pyrrole nitrogens is 1. The summed E-state index contributed by atoms with van der Waals surface area (Å²) in [5.41, 5.74) is 1.22. The van der Waals surface area contributed by atoms with Crippen LogP contribution in [0.1, 0.15) is 23.8 Å². The molecule has 0 amide bonds. The molecule has 0 bridgehead atoms. The average Bonchev–Trinajstić information content (AvgIpc) is 2.85. The summed E-state index contributed by atoms with van der Waals surface area (Å²) in [5.74, 6) is 0.915. The first kappa shape index (κ1) is 13.3. The maximum Gasteiger partial charge on any atom is 0.354 e. The van der Waals surface area contributed by atoms with Crippen molar-refractivity contribution < 1.29 is 19.0 Å². The molecule has 0 aliphatic carbocycles. The van der Waals surface area contributed by atoms with Gasteiger partial charge in [-0.2, -0.15) is 0 Å². The van der Waals surface area contributed by atoms with Crippen molar-refractivity contribution in [3.63, 3.8) is 0 Å². The Morgan fingerprint density at radius 1 is 1.21 bits per heavy atom. The quantitative estimate of drug-likeness (QED) is 0.843. The lowest BCUT2D eigenvalue weighted by Crippen LogP contribution is -2.00. The van der Waals surface area contributed by atoms with E-state index in [0.29, 0.717) is 23.8 Å². The number of methoxy groups -OCH3 is 2. The van der Waals surface area contributed by atoms with Gasteiger partial charge >= 0.3 is 5.97 Å². The molecule has 2 aromatic rings. The van der Waals surface area contributed by atoms with Gasteiger partial charge in [-0.15, -0.1) is 0 Å². The maximum absolute atomic E-state index is 11.5. The van der Waals surface area contributed by atoms with Gasteiger partial charge in [0, 0.05) is 11.5 Å². The zero-order valence-electron chi connectivity index (χ0n) is 11.3. The van der Waals surface area contributed by atoms with Crippen LogP contribution in [-0.4, -0.2) is 31.8 Å². The highest BCUT2D eigenvalue weighted by molar-refractivity contribution is 5.95. The fourth-order valence-corrected chi connectivity index (χ4v) is 1.84. The second-order valence-electron chi connectivity index (χ2n) is 4.11. The number of rotatable bonds is 5. The van der Waals surface area contributed by atoms with Crippen LogP contribution in [0.5, 0.6) is 11.5 Å². The summed E-state index contributed by atoms with van der Waals surface area (Å²) in [6.07, 6.45) is 0.918. The van der Waals surface area contributed by atoms with Gasteiger partial charge in [-0.25, -0.2) is 4.79 Å². The molecule has 1 N–H and O–H groups in total. The first-order valence-electron chi connectivity index (χ1n) is 6.11. The Morgan fingerprint density at radius 3 is 2.63 bits per heavy atom. The summed E-state index contributed by atoms with van der Waals surface area (Å²) < 4.78 is 15.6. The van der Waals surface area contributed by atoms with E-state index >= 15 is 0 Å². The largest absolute Gasteiger partial charge is 0.493 e. The van der Waals surface area contributed by atoms with Gasteiger partial charge in [0.05, 0.1) is 26.3 Å². The molecule has 1 aromatic heterocycles. The van der Waals surface area contributed by atoms with Gasteiger partial charge in [-0.3, -0.25) is 0 Å². The summed E-state index contributed by atoms with van der Waals surface area (Å²) in [4.78, 5) is 14.5. The van der Waals surface area contributed by atoms with E-state index in [1.54, 1.807) is 13.2 Å². The summed E-state index contributed by atoms with van der Waals surface area (Å²) >= 11 is 0. The van der Waals surface area contributed by atoms with Crippen LogP contribution in [0.15, 0.2) is 18.2 Å². The first-order chi connectivity index (χ1) is 9.19. The van der Waals surface area contributed by atoms with E-state index in [0.717, 1.165) is 17.3 Å². The highest BCUT2D eigenvalue weighted by atomic mass is 16.5. The molecule has 0 fully saturated rings. The third-order valence-corrected chi connectivity index (χ3v) is 2.77. The highest BCUT2D eigenvalue weighted by Gasteiger charge is 2.13. The van der Waals surface area contributed by atoms with E-state index in [4.69, 9.17) is 9.47 Å². The van der Waals surface area contributed by atoms with Crippen molar-refractivity contribution in [3.05, 3.63) is 23.9 Å². The lowest BCUT2D eigenvalue weighted by Gasteiger charge is -2.09. The van der Waals surface area contributed by atoms with Crippen LogP contribution in [0.25, 0.3) is 10.9 Å². The van der Waals surface area contributed by atoms with Crippen molar-refractivity contribution >= 4 is 16.9 Å². The van der Waals surface area contributed by atoms with Crippen molar-refractivity contribution in [1.29, 1.82) is 0 Å². The van der Waals surface area contributed by atoms with Crippen molar-refractivity contribution in [3.8, 4) is 11.5 Å². The fourth-order valence-electron chi connectivity index (χ4n) is 1.84. The van der Waals surface area contributed by atoms with Gasteiger partial charge in [0.15, 0.2) is 11.5 Å². The number of nitrogens with one attached hydrogen (secondary N) is 1. The SMILES string of the molecule is CCCOc1cc2cc(C(=O)OC)[nH]c2cc1OC. The fraction of sp³-hybridized carbons (Fsp3) is 0.357. The number of hydrogen-bond acceptors (Lipinski definition) is 4. The lowest BCUT2D eigenvalue weighted by molar-refractivity contribution is 0.0595. The predicted molar refractivity (Wildman–Crippen MR) is 72.0 cm³/mol. The van der Waals surface area contributed by atoms with E-state index in [1.165, 1.54) is 7.11 Å². The molecule has 102 valence electrons. The molecule has 1 aromatic carbocycles. The zero-order chi connectivity index (χ0) is 13.8. The molecule has 2 rings (SSSR count). The molecule has 0 saturated heterocycles. The number of benzene rings is 1. The van der Waals surface area contributed by atoms with Crippen molar-refractivity contribution in [2.45, 2.75) is 13.3 Å². The molecule has 0 saturated carbocycles. The smallest absolute Gasteiger partial charge is 0.354 e. The summed E-state index contributed by atoms with van der Waals surface area (Å²) in [6, 6.07) is 5.40. The summed E-state index contributed by atoms with van der Waals surface area (Å²) in [5, 5.41) is 0.882. The van der Waals surface area contributed by atoms with Crippen LogP contribution in [0.2, 0.25) is 0 Å². The molecule has 0 spiro atoms. The Bertz CT molecular complexity index is 588. The van der Waals surface area contributed by atoms with E-state index in [9.17, 15) is 4.79 Å². The number of carbonyl (C=O) groups excluding carboxylic acids is 1. The van der Waals surface area contributed by atoms with Crippen LogP contribution < -0.4 is 9.47 Å². The van der Waals surface area contributed by atoms with Gasteiger partial charge in [-0.05, 0) is 18.6 Å². The molecule has 0 aliphatic rings. The van der Waals surface area contributed by atoms with Gasteiger partial charge in [0.1, 0.15) is 5.69 Å². The second-order valence-corrected chi connectivity index (χ2v) is 4.11. The minimum absolute atomic E-state index is 0.397. The number of aromatic nitrogens is 1. The van der Waals surface area contributed by atoms with Gasteiger partial charge in [0.25, 0.3) is 0 Å². The molecule has 0 radical (unpaired) electrons. The highest BCUT2D eigenvalue weighted by Crippen LogP contribution is 2.32. The molecular formula is C14H17NO4. The molecule has 0 aliphatic heterocycles. The number of carbonyl (C=O) groups is 1. The predicted octanol–water partition coefficient (Wildman–Crippen LogP) is 2.75. The molecule has 1 heterocycles. The minimum Gasteiger partial charge on any atom is -0.493 e. The summed E-state index contributed by atoms with van der Waals surface area (Å²) in [6.45, 7) is 2.66. The van der Waals surface area contributed by atoms with E-state index in [2.05, 4.69) is 9.72 Å². The second kappa shape index (κ2) is 5.65. The van der Waals surface area contributed by atoms with Crippen LogP contribution in [0, 0.1) is 0 Å². The van der Waals surface area contributed by atoms with Gasteiger partial charge in [0.2, 0.25) is 0 Å². The zero-order valence-corrected chi connectivity index (χ0v) is 11.3. The van der Waals surface area contributed by atoms with Crippen molar-refractivity contribution in [2.75, 3.05) is 20.8 Å². The monoisotopic (exact) mass is 263 g/mol. The average molecular weight is 263 g/mol. The molecule has 5 heteroatoms. The molecule has 5 nitrogen and oxygen atoms in total. The lowest BCUT2D eigenvalue weighted by atomic mass is 10.2. The van der Waals surface area contributed by atoms with E-state index < -0.39 is 5.97 Å². The van der Waals surface area contributed by atoms with Crippen molar-refractivity contribution in [1.82, 2.24) is 4.98 Å². The standard InChI is InChI=1S/C14H17NO4/c1-4-5-19-13-7-9-6-11(14(16)18-3)15-10(9)8-12(13)17-2/h6-8,15H,4-5H2,1-3H3. The number of esters is 1. The number of ether oxygens (including phenoxy) is 3. The number of aromatic amines is 1. The van der Waals surface area contributed by atoms with E-state index in [-0.39, 0.29) is 0 Å². The molecule has 19 heavy (non-hydrogen) atoms. The topological polar surface area (TPSA) is 60.5 Å². The van der Waals surface area contributed by atoms with Crippen LogP contribution in [0.4, 0.5) is 0 Å². The Balaban J connectivity index is 2.44. The molecular weight excluding hydrogens is 246 g/mol. The Morgan fingerprint density at radius 2 is 2.00 bits per heavy atom. The van der Waals surface area contributed by atoms with Gasteiger partial charge in [-0.1, -0.05) is 6.92 Å². The van der Waals surface area contributed by atoms with Crippen LogP contribution in [0.3, 0.4) is 0 Å². The van der Waals surface area contributed by atoms with Gasteiger partial charge < -0.3 is 19.2 Å². The van der Waals surface area contributed by atoms with Crippen LogP contribution in [-0.2, 0) is 4.74 Å². The van der Waals surface area contributed by atoms with E-state index in [1.807, 2.05) is 19.1 Å². The van der Waals surface area contributed by atoms with Crippen LogP contribution >= 0.6 is 0 Å². The first-order valence-corrected chi connectivity index (χ1v) is 6.11. The summed E-state index contributed by atoms with van der Waals surface area (Å²) in [7, 11) is 2.94. The third-order valence-electron chi connectivity index (χ3n) is 2.77. The Hall–Kier alpha value is -2.17. The maximum atomic E-state index is 11.5. The molecule has 0 atom stereocenters. The minimum atomic E-state index is -0.397. The third kappa shape index (κ3) is 2.65.